The average molecular weight is 258 g/mol. The highest BCUT2D eigenvalue weighted by atomic mass is 19.4. The Morgan fingerprint density at radius 2 is 1.94 bits per heavy atom. The number of hydrogen-bond donors (Lipinski definition) is 1. The van der Waals surface area contributed by atoms with Gasteiger partial charge in [0, 0.05) is 6.20 Å². The van der Waals surface area contributed by atoms with E-state index in [-0.39, 0.29) is 11.5 Å². The summed E-state index contributed by atoms with van der Waals surface area (Å²) in [5.74, 6) is -1.28. The molecule has 0 amide bonds. The summed E-state index contributed by atoms with van der Waals surface area (Å²) in [7, 11) is 0. The summed E-state index contributed by atoms with van der Waals surface area (Å²) in [6.07, 6.45) is -1.15. The first-order valence-corrected chi connectivity index (χ1v) is 4.55. The Bertz CT molecular complexity index is 576. The number of hydrogen-bond acceptors (Lipinski definition) is 4. The van der Waals surface area contributed by atoms with Crippen LogP contribution in [0.2, 0.25) is 0 Å². The van der Waals surface area contributed by atoms with Crippen molar-refractivity contribution in [3.63, 3.8) is 0 Å². The van der Waals surface area contributed by atoms with Crippen molar-refractivity contribution in [2.75, 3.05) is 0 Å². The molecule has 9 heteroatoms. The first-order valence-electron chi connectivity index (χ1n) is 4.55. The molecule has 0 saturated heterocycles. The van der Waals surface area contributed by atoms with Gasteiger partial charge >= 0.3 is 12.1 Å². The lowest BCUT2D eigenvalue weighted by atomic mass is 10.4. The van der Waals surface area contributed by atoms with Crippen molar-refractivity contribution < 1.29 is 23.1 Å². The lowest BCUT2D eigenvalue weighted by molar-refractivity contribution is -0.137. The van der Waals surface area contributed by atoms with E-state index in [0.717, 1.165) is 23.3 Å². The molecule has 0 aliphatic carbocycles. The SMILES string of the molecule is O=C(O)c1cnc(-n2cc(C(F)(F)F)cn2)cn1. The van der Waals surface area contributed by atoms with Crippen LogP contribution in [0.5, 0.6) is 0 Å². The van der Waals surface area contributed by atoms with Crippen LogP contribution in [0.15, 0.2) is 24.8 Å². The van der Waals surface area contributed by atoms with Gasteiger partial charge < -0.3 is 5.11 Å². The van der Waals surface area contributed by atoms with Crippen LogP contribution in [0.25, 0.3) is 5.82 Å². The molecule has 0 aliphatic heterocycles. The lowest BCUT2D eigenvalue weighted by Gasteiger charge is -2.01. The van der Waals surface area contributed by atoms with Crippen LogP contribution < -0.4 is 0 Å². The Kier molecular flexibility index (Phi) is 2.73. The van der Waals surface area contributed by atoms with Crippen LogP contribution in [-0.4, -0.2) is 30.8 Å². The largest absolute Gasteiger partial charge is 0.476 e. The molecule has 0 aliphatic rings. The third-order valence-electron chi connectivity index (χ3n) is 2.00. The highest BCUT2D eigenvalue weighted by Crippen LogP contribution is 2.28. The molecule has 2 aromatic rings. The highest BCUT2D eigenvalue weighted by Gasteiger charge is 2.32. The molecule has 1 N–H and O–H groups in total. The molecule has 2 heterocycles. The van der Waals surface area contributed by atoms with E-state index in [9.17, 15) is 18.0 Å². The molecule has 0 spiro atoms. The van der Waals surface area contributed by atoms with Gasteiger partial charge in [0.25, 0.3) is 0 Å². The van der Waals surface area contributed by atoms with Gasteiger partial charge in [0.1, 0.15) is 0 Å². The van der Waals surface area contributed by atoms with Crippen molar-refractivity contribution in [3.05, 3.63) is 36.0 Å². The average Bonchev–Trinajstić information content (AvgIpc) is 2.78. The molecular formula is C9H5F3N4O2. The van der Waals surface area contributed by atoms with E-state index in [4.69, 9.17) is 5.11 Å². The normalized spacial score (nSPS) is 11.5. The van der Waals surface area contributed by atoms with E-state index in [1.165, 1.54) is 0 Å². The van der Waals surface area contributed by atoms with E-state index in [2.05, 4.69) is 15.1 Å². The molecule has 18 heavy (non-hydrogen) atoms. The first-order chi connectivity index (χ1) is 8.38. The quantitative estimate of drug-likeness (QED) is 0.880. The summed E-state index contributed by atoms with van der Waals surface area (Å²) in [4.78, 5) is 17.7. The van der Waals surface area contributed by atoms with Gasteiger partial charge in [-0.1, -0.05) is 0 Å². The molecule has 6 nitrogen and oxygen atoms in total. The van der Waals surface area contributed by atoms with Crippen LogP contribution in [0.4, 0.5) is 13.2 Å². The Morgan fingerprint density at radius 1 is 1.22 bits per heavy atom. The molecule has 0 fully saturated rings. The van der Waals surface area contributed by atoms with Crippen LogP contribution in [-0.2, 0) is 6.18 Å². The van der Waals surface area contributed by atoms with E-state index in [0.29, 0.717) is 6.20 Å². The van der Waals surface area contributed by atoms with Crippen molar-refractivity contribution in [3.8, 4) is 5.82 Å². The minimum absolute atomic E-state index is 0.00417. The maximum Gasteiger partial charge on any atom is 0.419 e. The zero-order valence-corrected chi connectivity index (χ0v) is 8.59. The zero-order valence-electron chi connectivity index (χ0n) is 8.59. The first kappa shape index (κ1) is 12.0. The summed E-state index contributed by atoms with van der Waals surface area (Å²) < 4.78 is 37.8. The minimum atomic E-state index is -4.49. The third kappa shape index (κ3) is 2.29. The van der Waals surface area contributed by atoms with Crippen LogP contribution >= 0.6 is 0 Å². The fraction of sp³-hybridized carbons (Fsp3) is 0.111. The summed E-state index contributed by atoms with van der Waals surface area (Å²) in [5, 5.41) is 12.1. The van der Waals surface area contributed by atoms with Crippen LogP contribution in [0.3, 0.4) is 0 Å². The molecule has 2 rings (SSSR count). The second-order valence-electron chi connectivity index (χ2n) is 3.24. The predicted octanol–water partition coefficient (Wildman–Crippen LogP) is 1.38. The van der Waals surface area contributed by atoms with Gasteiger partial charge in [-0.25, -0.2) is 19.4 Å². The van der Waals surface area contributed by atoms with Crippen molar-refractivity contribution in [1.29, 1.82) is 0 Å². The number of aromatic nitrogens is 4. The number of carboxylic acid groups (broad SMARTS) is 1. The van der Waals surface area contributed by atoms with E-state index in [1.807, 2.05) is 0 Å². The standard InChI is InChI=1S/C9H5F3N4O2/c10-9(11,12)5-1-15-16(4-5)7-3-13-6(2-14-7)8(17)18/h1-4H,(H,17,18). The lowest BCUT2D eigenvalue weighted by Crippen LogP contribution is -2.05. The number of halogens is 3. The fourth-order valence-corrected chi connectivity index (χ4v) is 1.14. The van der Waals surface area contributed by atoms with Crippen molar-refractivity contribution in [1.82, 2.24) is 19.7 Å². The van der Waals surface area contributed by atoms with Gasteiger partial charge in [-0.15, -0.1) is 0 Å². The minimum Gasteiger partial charge on any atom is -0.476 e. The highest BCUT2D eigenvalue weighted by molar-refractivity contribution is 5.84. The van der Waals surface area contributed by atoms with Gasteiger partial charge in [-0.2, -0.15) is 18.3 Å². The van der Waals surface area contributed by atoms with Gasteiger partial charge in [-0.05, 0) is 0 Å². The summed E-state index contributed by atoms with van der Waals surface area (Å²) in [6.45, 7) is 0. The molecule has 0 aromatic carbocycles. The Labute approximate surface area is 97.7 Å². The molecule has 94 valence electrons. The molecule has 2 aromatic heterocycles. The number of rotatable bonds is 2. The topological polar surface area (TPSA) is 80.9 Å². The van der Waals surface area contributed by atoms with E-state index < -0.39 is 17.7 Å². The van der Waals surface area contributed by atoms with Gasteiger partial charge in [0.05, 0.1) is 24.2 Å². The predicted molar refractivity (Wildman–Crippen MR) is 51.1 cm³/mol. The number of aromatic carboxylic acids is 1. The molecular weight excluding hydrogens is 253 g/mol. The summed E-state index contributed by atoms with van der Waals surface area (Å²) >= 11 is 0. The molecule has 0 radical (unpaired) electrons. The second kappa shape index (κ2) is 4.09. The molecule has 0 unspecified atom stereocenters. The monoisotopic (exact) mass is 258 g/mol. The van der Waals surface area contributed by atoms with Crippen molar-refractivity contribution >= 4 is 5.97 Å². The maximum absolute atomic E-state index is 12.3. The second-order valence-corrected chi connectivity index (χ2v) is 3.24. The van der Waals surface area contributed by atoms with E-state index in [1.54, 1.807) is 0 Å². The van der Waals surface area contributed by atoms with E-state index >= 15 is 0 Å². The number of carboxylic acids is 1. The van der Waals surface area contributed by atoms with Crippen LogP contribution in [0.1, 0.15) is 16.1 Å². The fourth-order valence-electron chi connectivity index (χ4n) is 1.14. The summed E-state index contributed by atoms with van der Waals surface area (Å²) in [6, 6.07) is 0. The smallest absolute Gasteiger partial charge is 0.419 e. The van der Waals surface area contributed by atoms with Gasteiger partial charge in [0.15, 0.2) is 11.5 Å². The molecule has 0 atom stereocenters. The Morgan fingerprint density at radius 3 is 2.39 bits per heavy atom. The number of alkyl halides is 3. The van der Waals surface area contributed by atoms with Crippen molar-refractivity contribution in [2.24, 2.45) is 0 Å². The summed E-state index contributed by atoms with van der Waals surface area (Å²) in [5.41, 5.74) is -1.23. The maximum atomic E-state index is 12.3. The Balaban J connectivity index is 2.32. The number of carbonyl (C=O) groups is 1. The van der Waals surface area contributed by atoms with Crippen LogP contribution in [0, 0.1) is 0 Å². The zero-order chi connectivity index (χ0) is 13.3. The van der Waals surface area contributed by atoms with Gasteiger partial charge in [0.2, 0.25) is 0 Å². The number of nitrogens with zero attached hydrogens (tertiary/aromatic N) is 4. The Hall–Kier alpha value is -2.45. The third-order valence-corrected chi connectivity index (χ3v) is 2.00. The molecule has 0 bridgehead atoms. The van der Waals surface area contributed by atoms with Crippen molar-refractivity contribution in [2.45, 2.75) is 6.18 Å². The van der Waals surface area contributed by atoms with Gasteiger partial charge in [-0.3, -0.25) is 0 Å². The molecule has 0 saturated carbocycles.